The van der Waals surface area contributed by atoms with Gasteiger partial charge >= 0.3 is 5.97 Å². The third kappa shape index (κ3) is 2.14. The Labute approximate surface area is 106 Å². The lowest BCUT2D eigenvalue weighted by molar-refractivity contribution is 0.0687. The average Bonchev–Trinajstić information content (AvgIpc) is 2.71. The Morgan fingerprint density at radius 3 is 2.39 bits per heavy atom. The molecule has 1 heterocycles. The number of carboxylic acids is 1. The monoisotopic (exact) mass is 244 g/mol. The van der Waals surface area contributed by atoms with E-state index in [4.69, 9.17) is 0 Å². The van der Waals surface area contributed by atoms with E-state index >= 15 is 0 Å². The summed E-state index contributed by atoms with van der Waals surface area (Å²) in [5.41, 5.74) is 2.79. The van der Waals surface area contributed by atoms with Crippen molar-refractivity contribution < 1.29 is 9.90 Å². The lowest BCUT2D eigenvalue weighted by Gasteiger charge is -2.06. The van der Waals surface area contributed by atoms with Crippen LogP contribution < -0.4 is 0 Å². The molecule has 0 bridgehead atoms. The van der Waals surface area contributed by atoms with Gasteiger partial charge in [0.25, 0.3) is 0 Å². The lowest BCUT2D eigenvalue weighted by atomic mass is 10.0. The molecule has 0 atom stereocenters. The Balaban J connectivity index is 2.46. The van der Waals surface area contributed by atoms with Crippen LogP contribution in [-0.2, 0) is 7.05 Å². The van der Waals surface area contributed by atoms with Crippen LogP contribution in [0.15, 0.2) is 30.6 Å². The Morgan fingerprint density at radius 2 is 1.89 bits per heavy atom. The van der Waals surface area contributed by atoms with Crippen LogP contribution in [0.3, 0.4) is 0 Å². The summed E-state index contributed by atoms with van der Waals surface area (Å²) in [5.74, 6) is -0.500. The highest BCUT2D eigenvalue weighted by molar-refractivity contribution is 5.93. The summed E-state index contributed by atoms with van der Waals surface area (Å²) in [7, 11) is 1.68. The molecule has 0 aliphatic heterocycles. The van der Waals surface area contributed by atoms with Crippen molar-refractivity contribution in [2.75, 3.05) is 0 Å². The van der Waals surface area contributed by atoms with Crippen LogP contribution in [0.1, 0.15) is 35.8 Å². The molecule has 4 nitrogen and oxygen atoms in total. The van der Waals surface area contributed by atoms with Gasteiger partial charge in [0.1, 0.15) is 5.69 Å². The fourth-order valence-electron chi connectivity index (χ4n) is 1.92. The van der Waals surface area contributed by atoms with Crippen molar-refractivity contribution >= 4 is 5.97 Å². The predicted octanol–water partition coefficient (Wildman–Crippen LogP) is 2.91. The number of hydrogen-bond acceptors (Lipinski definition) is 2. The van der Waals surface area contributed by atoms with Crippen molar-refractivity contribution in [3.05, 3.63) is 41.9 Å². The minimum atomic E-state index is -0.960. The highest BCUT2D eigenvalue weighted by atomic mass is 16.4. The number of aromatic carboxylic acids is 1. The highest BCUT2D eigenvalue weighted by Crippen LogP contribution is 2.24. The van der Waals surface area contributed by atoms with Gasteiger partial charge < -0.3 is 9.67 Å². The van der Waals surface area contributed by atoms with Crippen molar-refractivity contribution in [2.45, 2.75) is 19.8 Å². The van der Waals surface area contributed by atoms with Gasteiger partial charge in [-0.2, -0.15) is 0 Å². The van der Waals surface area contributed by atoms with E-state index < -0.39 is 5.97 Å². The second kappa shape index (κ2) is 4.64. The van der Waals surface area contributed by atoms with Gasteiger partial charge in [-0.3, -0.25) is 0 Å². The normalized spacial score (nSPS) is 10.9. The first-order valence-electron chi connectivity index (χ1n) is 5.85. The molecule has 18 heavy (non-hydrogen) atoms. The summed E-state index contributed by atoms with van der Waals surface area (Å²) >= 11 is 0. The molecular weight excluding hydrogens is 228 g/mol. The molecule has 2 rings (SSSR count). The Morgan fingerprint density at radius 1 is 1.28 bits per heavy atom. The summed E-state index contributed by atoms with van der Waals surface area (Å²) in [6.45, 7) is 4.25. The molecule has 1 aromatic heterocycles. The zero-order valence-corrected chi connectivity index (χ0v) is 10.7. The third-order valence-electron chi connectivity index (χ3n) is 2.99. The van der Waals surface area contributed by atoms with E-state index in [1.807, 2.05) is 24.3 Å². The SMILES string of the molecule is CC(C)c1ccc(-c2ncn(C)c2C(=O)O)cc1. The molecule has 0 amide bonds. The minimum absolute atomic E-state index is 0.215. The van der Waals surface area contributed by atoms with Gasteiger partial charge in [-0.05, 0) is 11.5 Å². The second-order valence-corrected chi connectivity index (χ2v) is 4.63. The van der Waals surface area contributed by atoms with E-state index in [1.54, 1.807) is 7.05 Å². The fraction of sp³-hybridized carbons (Fsp3) is 0.286. The van der Waals surface area contributed by atoms with Crippen molar-refractivity contribution in [3.63, 3.8) is 0 Å². The maximum absolute atomic E-state index is 11.2. The number of aromatic nitrogens is 2. The van der Waals surface area contributed by atoms with Crippen molar-refractivity contribution in [1.82, 2.24) is 9.55 Å². The maximum Gasteiger partial charge on any atom is 0.354 e. The molecule has 0 saturated carbocycles. The molecule has 2 aromatic rings. The molecule has 4 heteroatoms. The number of rotatable bonds is 3. The van der Waals surface area contributed by atoms with E-state index in [2.05, 4.69) is 18.8 Å². The van der Waals surface area contributed by atoms with Gasteiger partial charge in [-0.15, -0.1) is 0 Å². The van der Waals surface area contributed by atoms with Gasteiger partial charge in [0.2, 0.25) is 0 Å². The first kappa shape index (κ1) is 12.4. The average molecular weight is 244 g/mol. The highest BCUT2D eigenvalue weighted by Gasteiger charge is 2.17. The van der Waals surface area contributed by atoms with Crippen LogP contribution in [0.4, 0.5) is 0 Å². The first-order chi connectivity index (χ1) is 8.50. The fourth-order valence-corrected chi connectivity index (χ4v) is 1.92. The molecule has 0 spiro atoms. The van der Waals surface area contributed by atoms with E-state index in [0.717, 1.165) is 5.56 Å². The molecule has 1 N–H and O–H groups in total. The molecule has 0 unspecified atom stereocenters. The minimum Gasteiger partial charge on any atom is -0.477 e. The Hall–Kier alpha value is -2.10. The summed E-state index contributed by atoms with van der Waals surface area (Å²) in [4.78, 5) is 15.4. The van der Waals surface area contributed by atoms with Crippen molar-refractivity contribution in [2.24, 2.45) is 7.05 Å². The largest absolute Gasteiger partial charge is 0.477 e. The van der Waals surface area contributed by atoms with Crippen LogP contribution in [0.25, 0.3) is 11.3 Å². The number of nitrogens with zero attached hydrogens (tertiary/aromatic N) is 2. The van der Waals surface area contributed by atoms with Gasteiger partial charge in [0, 0.05) is 12.6 Å². The van der Waals surface area contributed by atoms with Crippen molar-refractivity contribution in [3.8, 4) is 11.3 Å². The number of benzene rings is 1. The summed E-state index contributed by atoms with van der Waals surface area (Å²) in [6.07, 6.45) is 1.52. The molecule has 0 saturated heterocycles. The quantitative estimate of drug-likeness (QED) is 0.903. The summed E-state index contributed by atoms with van der Waals surface area (Å²) in [5, 5.41) is 9.18. The zero-order chi connectivity index (χ0) is 13.3. The first-order valence-corrected chi connectivity index (χ1v) is 5.85. The smallest absolute Gasteiger partial charge is 0.354 e. The second-order valence-electron chi connectivity index (χ2n) is 4.63. The molecule has 0 aliphatic carbocycles. The molecular formula is C14H16N2O2. The van der Waals surface area contributed by atoms with Crippen LogP contribution >= 0.6 is 0 Å². The zero-order valence-electron chi connectivity index (χ0n) is 10.7. The molecule has 1 aromatic carbocycles. The van der Waals surface area contributed by atoms with Crippen LogP contribution in [-0.4, -0.2) is 20.6 Å². The van der Waals surface area contributed by atoms with Crippen LogP contribution in [0.5, 0.6) is 0 Å². The van der Waals surface area contributed by atoms with Crippen LogP contribution in [0.2, 0.25) is 0 Å². The van der Waals surface area contributed by atoms with Gasteiger partial charge in [-0.25, -0.2) is 9.78 Å². The predicted molar refractivity (Wildman–Crippen MR) is 69.7 cm³/mol. The Kier molecular flexibility index (Phi) is 3.19. The molecule has 0 aliphatic rings. The topological polar surface area (TPSA) is 55.1 Å². The molecule has 0 radical (unpaired) electrons. The van der Waals surface area contributed by atoms with Gasteiger partial charge in [0.15, 0.2) is 5.69 Å². The van der Waals surface area contributed by atoms with Gasteiger partial charge in [0.05, 0.1) is 6.33 Å². The molecule has 94 valence electrons. The van der Waals surface area contributed by atoms with E-state index in [0.29, 0.717) is 11.6 Å². The maximum atomic E-state index is 11.2. The lowest BCUT2D eigenvalue weighted by Crippen LogP contribution is -2.05. The van der Waals surface area contributed by atoms with E-state index in [-0.39, 0.29) is 5.69 Å². The standard InChI is InChI=1S/C14H16N2O2/c1-9(2)10-4-6-11(7-5-10)12-13(14(17)18)16(3)8-15-12/h4-9H,1-3H3,(H,17,18). The molecule has 0 fully saturated rings. The van der Waals surface area contributed by atoms with Gasteiger partial charge in [-0.1, -0.05) is 38.1 Å². The van der Waals surface area contributed by atoms with Crippen LogP contribution in [0, 0.1) is 0 Å². The number of carboxylic acid groups (broad SMARTS) is 1. The number of hydrogen-bond donors (Lipinski definition) is 1. The van der Waals surface area contributed by atoms with E-state index in [1.165, 1.54) is 16.5 Å². The Bertz CT molecular complexity index is 568. The number of imidazole rings is 1. The van der Waals surface area contributed by atoms with E-state index in [9.17, 15) is 9.90 Å². The number of aryl methyl sites for hydroxylation is 1. The van der Waals surface area contributed by atoms with Crippen molar-refractivity contribution in [1.29, 1.82) is 0 Å². The third-order valence-corrected chi connectivity index (χ3v) is 2.99. The number of carbonyl (C=O) groups is 1. The summed E-state index contributed by atoms with van der Waals surface area (Å²) < 4.78 is 1.52. The summed E-state index contributed by atoms with van der Waals surface area (Å²) in [6, 6.07) is 7.87.